The van der Waals surface area contributed by atoms with Crippen LogP contribution in [-0.4, -0.2) is 9.78 Å². The van der Waals surface area contributed by atoms with E-state index in [0.717, 1.165) is 0 Å². The van der Waals surface area contributed by atoms with Gasteiger partial charge in [0.25, 0.3) is 5.56 Å². The largest absolute Gasteiger partial charge is 0.302 e. The lowest BCUT2D eigenvalue weighted by molar-refractivity contribution is 0.689. The Morgan fingerprint density at radius 3 is 3.00 bits per heavy atom. The lowest BCUT2D eigenvalue weighted by atomic mass is 10.4. The van der Waals surface area contributed by atoms with Gasteiger partial charge in [0.05, 0.1) is 0 Å². The molecule has 3 heteroatoms. The first-order chi connectivity index (χ1) is 4.75. The van der Waals surface area contributed by atoms with Gasteiger partial charge in [-0.1, -0.05) is 5.92 Å². The summed E-state index contributed by atoms with van der Waals surface area (Å²) >= 11 is 0. The smallest absolute Gasteiger partial charge is 0.270 e. The average Bonchev–Trinajstić information content (AvgIpc) is 2.20. The van der Waals surface area contributed by atoms with Crippen LogP contribution in [0.4, 0.5) is 0 Å². The molecule has 0 saturated heterocycles. The van der Waals surface area contributed by atoms with Crippen molar-refractivity contribution in [3.8, 4) is 12.3 Å². The van der Waals surface area contributed by atoms with Crippen molar-refractivity contribution >= 4 is 0 Å². The molecule has 1 heterocycles. The minimum absolute atomic E-state index is 0.0436. The zero-order chi connectivity index (χ0) is 7.56. The van der Waals surface area contributed by atoms with E-state index in [4.69, 9.17) is 6.42 Å². The molecule has 0 amide bonds. The number of aryl methyl sites for hydroxylation is 1. The highest BCUT2D eigenvalue weighted by Crippen LogP contribution is 1.83. The molecule has 0 bridgehead atoms. The molecule has 0 aliphatic carbocycles. The van der Waals surface area contributed by atoms with Gasteiger partial charge in [-0.25, -0.2) is 4.68 Å². The Bertz CT molecular complexity index is 313. The predicted molar refractivity (Wildman–Crippen MR) is 38.6 cm³/mol. The molecule has 1 aromatic rings. The second-order valence-electron chi connectivity index (χ2n) is 2.05. The second kappa shape index (κ2) is 2.44. The Morgan fingerprint density at radius 2 is 2.60 bits per heavy atom. The zero-order valence-corrected chi connectivity index (χ0v) is 5.72. The lowest BCUT2D eigenvalue weighted by Crippen LogP contribution is -2.16. The molecule has 1 aromatic heterocycles. The molecule has 0 saturated carbocycles. The van der Waals surface area contributed by atoms with E-state index in [1.54, 1.807) is 13.1 Å². The Hall–Kier alpha value is -1.43. The van der Waals surface area contributed by atoms with E-state index in [1.165, 1.54) is 4.68 Å². The van der Waals surface area contributed by atoms with Crippen LogP contribution in [0, 0.1) is 19.3 Å². The SMILES string of the molecule is C#CCn1[nH]cc(C)c1=O. The molecular weight excluding hydrogens is 128 g/mol. The van der Waals surface area contributed by atoms with Gasteiger partial charge in [-0.05, 0) is 6.92 Å². The minimum atomic E-state index is -0.0436. The van der Waals surface area contributed by atoms with Gasteiger partial charge < -0.3 is 5.10 Å². The molecule has 0 radical (unpaired) electrons. The summed E-state index contributed by atoms with van der Waals surface area (Å²) in [5, 5.41) is 2.74. The maximum Gasteiger partial charge on any atom is 0.270 e. The number of H-pyrrole nitrogens is 1. The first-order valence-electron chi connectivity index (χ1n) is 2.94. The summed E-state index contributed by atoms with van der Waals surface area (Å²) in [6.45, 7) is 2.05. The summed E-state index contributed by atoms with van der Waals surface area (Å²) in [7, 11) is 0. The van der Waals surface area contributed by atoms with Crippen LogP contribution in [0.5, 0.6) is 0 Å². The third-order valence-corrected chi connectivity index (χ3v) is 1.27. The number of rotatable bonds is 1. The van der Waals surface area contributed by atoms with Crippen LogP contribution >= 0.6 is 0 Å². The molecule has 10 heavy (non-hydrogen) atoms. The average molecular weight is 136 g/mol. The van der Waals surface area contributed by atoms with Gasteiger partial charge >= 0.3 is 0 Å². The summed E-state index contributed by atoms with van der Waals surface area (Å²) in [6.07, 6.45) is 6.65. The molecule has 0 spiro atoms. The number of nitrogens with one attached hydrogen (secondary N) is 1. The molecule has 0 aliphatic heterocycles. The summed E-state index contributed by atoms with van der Waals surface area (Å²) < 4.78 is 1.38. The van der Waals surface area contributed by atoms with E-state index in [-0.39, 0.29) is 5.56 Å². The fourth-order valence-electron chi connectivity index (χ4n) is 0.717. The molecule has 3 nitrogen and oxygen atoms in total. The molecule has 0 aromatic carbocycles. The van der Waals surface area contributed by atoms with Crippen LogP contribution in [0.3, 0.4) is 0 Å². The molecule has 1 rings (SSSR count). The molecule has 0 fully saturated rings. The van der Waals surface area contributed by atoms with Crippen LogP contribution in [-0.2, 0) is 6.54 Å². The van der Waals surface area contributed by atoms with Crippen molar-refractivity contribution < 1.29 is 0 Å². The molecular formula is C7H8N2O. The van der Waals surface area contributed by atoms with Crippen LogP contribution in [0.2, 0.25) is 0 Å². The first kappa shape index (κ1) is 6.69. The van der Waals surface area contributed by atoms with Crippen LogP contribution in [0.25, 0.3) is 0 Å². The lowest BCUT2D eigenvalue weighted by Gasteiger charge is -1.89. The van der Waals surface area contributed by atoms with E-state index in [2.05, 4.69) is 11.0 Å². The third-order valence-electron chi connectivity index (χ3n) is 1.27. The maximum absolute atomic E-state index is 11.0. The molecule has 1 N–H and O–H groups in total. The van der Waals surface area contributed by atoms with Crippen LogP contribution < -0.4 is 5.56 Å². The standard InChI is InChI=1S/C7H8N2O/c1-3-4-9-7(10)6(2)5-8-9/h1,5,8H,4H2,2H3. The summed E-state index contributed by atoms with van der Waals surface area (Å²) in [4.78, 5) is 11.0. The quantitative estimate of drug-likeness (QED) is 0.547. The Labute approximate surface area is 58.7 Å². The van der Waals surface area contributed by atoms with Gasteiger partial charge in [0.15, 0.2) is 0 Å². The highest BCUT2D eigenvalue weighted by Gasteiger charge is 1.96. The summed E-state index contributed by atoms with van der Waals surface area (Å²) in [5.74, 6) is 2.37. The Morgan fingerprint density at radius 1 is 1.90 bits per heavy atom. The maximum atomic E-state index is 11.0. The van der Waals surface area contributed by atoms with Gasteiger partial charge in [-0.3, -0.25) is 4.79 Å². The van der Waals surface area contributed by atoms with Crippen molar-refractivity contribution in [2.24, 2.45) is 0 Å². The van der Waals surface area contributed by atoms with Crippen molar-refractivity contribution in [2.45, 2.75) is 13.5 Å². The first-order valence-corrected chi connectivity index (χ1v) is 2.94. The van der Waals surface area contributed by atoms with E-state index in [1.807, 2.05) is 0 Å². The topological polar surface area (TPSA) is 37.8 Å². The number of hydrogen-bond acceptors (Lipinski definition) is 1. The van der Waals surface area contributed by atoms with E-state index >= 15 is 0 Å². The van der Waals surface area contributed by atoms with Crippen molar-refractivity contribution in [1.29, 1.82) is 0 Å². The highest BCUT2D eigenvalue weighted by molar-refractivity contribution is 5.01. The van der Waals surface area contributed by atoms with Crippen molar-refractivity contribution in [2.75, 3.05) is 0 Å². The zero-order valence-electron chi connectivity index (χ0n) is 5.72. The molecule has 0 unspecified atom stereocenters. The highest BCUT2D eigenvalue weighted by atomic mass is 16.1. The number of hydrogen-bond donors (Lipinski definition) is 1. The minimum Gasteiger partial charge on any atom is -0.302 e. The Kier molecular flexibility index (Phi) is 1.63. The number of aromatic amines is 1. The van der Waals surface area contributed by atoms with Crippen LogP contribution in [0.1, 0.15) is 5.56 Å². The molecule has 52 valence electrons. The fourth-order valence-corrected chi connectivity index (χ4v) is 0.717. The van der Waals surface area contributed by atoms with Gasteiger partial charge in [0, 0.05) is 11.8 Å². The van der Waals surface area contributed by atoms with Crippen molar-refractivity contribution in [1.82, 2.24) is 9.78 Å². The third kappa shape index (κ3) is 0.960. The summed E-state index contributed by atoms with van der Waals surface area (Å²) in [5.41, 5.74) is 0.646. The van der Waals surface area contributed by atoms with Gasteiger partial charge in [-0.2, -0.15) is 0 Å². The van der Waals surface area contributed by atoms with Gasteiger partial charge in [0.2, 0.25) is 0 Å². The van der Waals surface area contributed by atoms with Crippen molar-refractivity contribution in [3.05, 3.63) is 22.1 Å². The van der Waals surface area contributed by atoms with E-state index in [9.17, 15) is 4.79 Å². The van der Waals surface area contributed by atoms with E-state index in [0.29, 0.717) is 12.1 Å². The van der Waals surface area contributed by atoms with Crippen LogP contribution in [0.15, 0.2) is 11.0 Å². The van der Waals surface area contributed by atoms with Gasteiger partial charge in [0.1, 0.15) is 6.54 Å². The number of nitrogens with zero attached hydrogens (tertiary/aromatic N) is 1. The monoisotopic (exact) mass is 136 g/mol. The molecule has 0 atom stereocenters. The summed E-state index contributed by atoms with van der Waals surface area (Å²) in [6, 6.07) is 0. The van der Waals surface area contributed by atoms with Crippen molar-refractivity contribution in [3.63, 3.8) is 0 Å². The Balaban J connectivity index is 3.09. The van der Waals surface area contributed by atoms with E-state index < -0.39 is 0 Å². The number of terminal acetylenes is 1. The molecule has 0 aliphatic rings. The fraction of sp³-hybridized carbons (Fsp3) is 0.286. The number of aromatic nitrogens is 2. The van der Waals surface area contributed by atoms with Gasteiger partial charge in [-0.15, -0.1) is 6.42 Å². The second-order valence-corrected chi connectivity index (χ2v) is 2.05. The predicted octanol–water partition coefficient (Wildman–Crippen LogP) is 0.118. The normalized spacial score (nSPS) is 9.20.